The lowest BCUT2D eigenvalue weighted by Crippen LogP contribution is -2.19. The van der Waals surface area contributed by atoms with Crippen molar-refractivity contribution < 1.29 is 14.6 Å². The van der Waals surface area contributed by atoms with Gasteiger partial charge in [-0.3, -0.25) is 4.79 Å². The zero-order valence-electron chi connectivity index (χ0n) is 13.6. The van der Waals surface area contributed by atoms with Gasteiger partial charge in [0.25, 0.3) is 0 Å². The fraction of sp³-hybridized carbons (Fsp3) is 0.450. The lowest BCUT2D eigenvalue weighted by atomic mass is 9.81. The van der Waals surface area contributed by atoms with E-state index in [0.29, 0.717) is 29.9 Å². The molecule has 1 N–H and O–H groups in total. The van der Waals surface area contributed by atoms with Crippen molar-refractivity contribution in [2.24, 2.45) is 17.8 Å². The molecule has 122 valence electrons. The highest BCUT2D eigenvalue weighted by molar-refractivity contribution is 5.77. The number of allylic oxidation sites excluding steroid dienone is 3. The van der Waals surface area contributed by atoms with Crippen LogP contribution in [-0.2, 0) is 11.2 Å². The second-order valence-corrected chi connectivity index (χ2v) is 6.74. The van der Waals surface area contributed by atoms with Crippen LogP contribution < -0.4 is 4.74 Å². The normalized spacial score (nSPS) is 26.2. The zero-order chi connectivity index (χ0) is 16.4. The number of benzene rings is 1. The molecule has 0 spiro atoms. The Labute approximate surface area is 137 Å². The van der Waals surface area contributed by atoms with Crippen molar-refractivity contribution in [1.29, 1.82) is 0 Å². The Morgan fingerprint density at radius 2 is 2.26 bits per heavy atom. The molecule has 3 nitrogen and oxygen atoms in total. The van der Waals surface area contributed by atoms with Crippen LogP contribution in [0.25, 0.3) is 0 Å². The standard InChI is InChI=1S/C20H24O3/c1-3-4-13-6-8-17(19(11-13)23-2)18(20(21)22)12-16-10-14-5-7-15(16)9-14/h3,5-8,11,14-16,18H,1,4,9-10,12H2,2H3,(H,21,22). The number of rotatable bonds is 7. The topological polar surface area (TPSA) is 46.5 Å². The van der Waals surface area contributed by atoms with Gasteiger partial charge >= 0.3 is 5.97 Å². The van der Waals surface area contributed by atoms with Crippen molar-refractivity contribution in [3.8, 4) is 5.75 Å². The third-order valence-electron chi connectivity index (χ3n) is 5.31. The lowest BCUT2D eigenvalue weighted by Gasteiger charge is -2.24. The van der Waals surface area contributed by atoms with E-state index in [4.69, 9.17) is 4.74 Å². The number of hydrogen-bond acceptors (Lipinski definition) is 2. The van der Waals surface area contributed by atoms with Gasteiger partial charge in [-0.2, -0.15) is 0 Å². The van der Waals surface area contributed by atoms with E-state index >= 15 is 0 Å². The highest BCUT2D eigenvalue weighted by Crippen LogP contribution is 2.47. The fourth-order valence-electron chi connectivity index (χ4n) is 4.17. The van der Waals surface area contributed by atoms with Crippen molar-refractivity contribution in [3.05, 3.63) is 54.1 Å². The van der Waals surface area contributed by atoms with E-state index in [-0.39, 0.29) is 0 Å². The summed E-state index contributed by atoms with van der Waals surface area (Å²) in [6.07, 6.45) is 10.2. The maximum atomic E-state index is 11.9. The summed E-state index contributed by atoms with van der Waals surface area (Å²) < 4.78 is 5.48. The fourth-order valence-corrected chi connectivity index (χ4v) is 4.17. The van der Waals surface area contributed by atoms with Crippen LogP contribution in [-0.4, -0.2) is 18.2 Å². The molecule has 4 unspecified atom stereocenters. The van der Waals surface area contributed by atoms with Gasteiger partial charge in [-0.05, 0) is 55.1 Å². The second kappa shape index (κ2) is 6.61. The molecule has 1 saturated carbocycles. The van der Waals surface area contributed by atoms with Gasteiger partial charge in [0, 0.05) is 5.56 Å². The number of carboxylic acid groups (broad SMARTS) is 1. The number of fused-ring (bicyclic) bond motifs is 2. The molecule has 0 aromatic heterocycles. The third-order valence-corrected chi connectivity index (χ3v) is 5.31. The summed E-state index contributed by atoms with van der Waals surface area (Å²) in [5.74, 6) is 1.12. The van der Waals surface area contributed by atoms with Gasteiger partial charge in [-0.1, -0.05) is 30.4 Å². The van der Waals surface area contributed by atoms with Crippen LogP contribution >= 0.6 is 0 Å². The molecule has 0 heterocycles. The van der Waals surface area contributed by atoms with E-state index in [9.17, 15) is 9.90 Å². The summed E-state index contributed by atoms with van der Waals surface area (Å²) in [6.45, 7) is 3.75. The van der Waals surface area contributed by atoms with E-state index in [2.05, 4.69) is 18.7 Å². The predicted octanol–water partition coefficient (Wildman–Crippen LogP) is 4.19. The van der Waals surface area contributed by atoms with Gasteiger partial charge in [0.2, 0.25) is 0 Å². The Balaban J connectivity index is 1.84. The molecular formula is C20H24O3. The summed E-state index contributed by atoms with van der Waals surface area (Å²) in [7, 11) is 1.61. The Kier molecular flexibility index (Phi) is 4.56. The number of methoxy groups -OCH3 is 1. The molecule has 1 aromatic carbocycles. The summed E-state index contributed by atoms with van der Waals surface area (Å²) in [5.41, 5.74) is 1.88. The van der Waals surface area contributed by atoms with Crippen LogP contribution in [0.1, 0.15) is 36.3 Å². The van der Waals surface area contributed by atoms with E-state index in [0.717, 1.165) is 24.0 Å². The Morgan fingerprint density at radius 1 is 1.43 bits per heavy atom. The summed E-state index contributed by atoms with van der Waals surface area (Å²) in [6, 6.07) is 5.84. The third kappa shape index (κ3) is 3.19. The highest BCUT2D eigenvalue weighted by atomic mass is 16.5. The molecule has 0 saturated heterocycles. The van der Waals surface area contributed by atoms with Crippen LogP contribution in [0.4, 0.5) is 0 Å². The van der Waals surface area contributed by atoms with Gasteiger partial charge < -0.3 is 9.84 Å². The Bertz CT molecular complexity index is 632. The van der Waals surface area contributed by atoms with Crippen LogP contribution in [0.15, 0.2) is 43.0 Å². The zero-order valence-corrected chi connectivity index (χ0v) is 13.6. The molecule has 2 aliphatic carbocycles. The molecule has 1 fully saturated rings. The molecule has 0 amide bonds. The lowest BCUT2D eigenvalue weighted by molar-refractivity contribution is -0.139. The van der Waals surface area contributed by atoms with Gasteiger partial charge in [0.1, 0.15) is 5.75 Å². The van der Waals surface area contributed by atoms with E-state index < -0.39 is 11.9 Å². The maximum absolute atomic E-state index is 11.9. The number of ether oxygens (including phenoxy) is 1. The minimum absolute atomic E-state index is 0.476. The van der Waals surface area contributed by atoms with Gasteiger partial charge in [0.05, 0.1) is 13.0 Å². The number of carbonyl (C=O) groups is 1. The minimum Gasteiger partial charge on any atom is -0.496 e. The molecule has 1 aromatic rings. The Hall–Kier alpha value is -2.03. The first-order valence-electron chi connectivity index (χ1n) is 8.31. The molecule has 4 atom stereocenters. The first kappa shape index (κ1) is 15.9. The van der Waals surface area contributed by atoms with Crippen LogP contribution in [0.3, 0.4) is 0 Å². The smallest absolute Gasteiger partial charge is 0.311 e. The first-order valence-corrected chi connectivity index (χ1v) is 8.31. The SMILES string of the molecule is C=CCc1ccc(C(CC2CC3C=CC2C3)C(=O)O)c(OC)c1. The average Bonchev–Trinajstić information content (AvgIpc) is 3.15. The number of hydrogen-bond donors (Lipinski definition) is 1. The van der Waals surface area contributed by atoms with E-state index in [1.807, 2.05) is 24.3 Å². The van der Waals surface area contributed by atoms with Crippen molar-refractivity contribution >= 4 is 5.97 Å². The van der Waals surface area contributed by atoms with Crippen LogP contribution in [0.5, 0.6) is 5.75 Å². The van der Waals surface area contributed by atoms with Crippen LogP contribution in [0.2, 0.25) is 0 Å². The summed E-state index contributed by atoms with van der Waals surface area (Å²) in [5, 5.41) is 9.76. The van der Waals surface area contributed by atoms with Crippen LogP contribution in [0, 0.1) is 17.8 Å². The minimum atomic E-state index is -0.758. The van der Waals surface area contributed by atoms with Gasteiger partial charge in [-0.15, -0.1) is 6.58 Å². The van der Waals surface area contributed by atoms with Crippen molar-refractivity contribution in [2.75, 3.05) is 7.11 Å². The molecule has 23 heavy (non-hydrogen) atoms. The summed E-state index contributed by atoms with van der Waals surface area (Å²) in [4.78, 5) is 11.9. The van der Waals surface area contributed by atoms with E-state index in [1.165, 1.54) is 6.42 Å². The quantitative estimate of drug-likeness (QED) is 0.768. The molecule has 0 radical (unpaired) electrons. The maximum Gasteiger partial charge on any atom is 0.311 e. The monoisotopic (exact) mass is 312 g/mol. The van der Waals surface area contributed by atoms with Gasteiger partial charge in [-0.25, -0.2) is 0 Å². The van der Waals surface area contributed by atoms with Gasteiger partial charge in [0.15, 0.2) is 0 Å². The van der Waals surface area contributed by atoms with Crippen molar-refractivity contribution in [3.63, 3.8) is 0 Å². The molecule has 3 heteroatoms. The van der Waals surface area contributed by atoms with Crippen molar-refractivity contribution in [2.45, 2.75) is 31.6 Å². The molecule has 0 aliphatic heterocycles. The molecule has 2 aliphatic rings. The Morgan fingerprint density at radius 3 is 2.83 bits per heavy atom. The predicted molar refractivity (Wildman–Crippen MR) is 90.7 cm³/mol. The number of aliphatic carboxylic acids is 1. The number of carboxylic acids is 1. The average molecular weight is 312 g/mol. The first-order chi connectivity index (χ1) is 11.1. The molecule has 3 rings (SSSR count). The highest BCUT2D eigenvalue weighted by Gasteiger charge is 2.38. The van der Waals surface area contributed by atoms with Crippen molar-refractivity contribution in [1.82, 2.24) is 0 Å². The summed E-state index contributed by atoms with van der Waals surface area (Å²) >= 11 is 0. The molecule has 2 bridgehead atoms. The molecular weight excluding hydrogens is 288 g/mol. The largest absolute Gasteiger partial charge is 0.496 e. The second-order valence-electron chi connectivity index (χ2n) is 6.74. The van der Waals surface area contributed by atoms with E-state index in [1.54, 1.807) is 7.11 Å².